The number of furan rings is 1. The fraction of sp³-hybridized carbons (Fsp3) is 0.0714. The van der Waals surface area contributed by atoms with Crippen molar-refractivity contribution in [3.05, 3.63) is 65.3 Å². The standard InChI is InChI=1S/C14H12BrN3O/c15-13-5-8-19-14(13)10-16-11-3-1-4-12(9-11)18-7-2-6-17-18/h1-9,16H,10H2. The van der Waals surface area contributed by atoms with Crippen LogP contribution in [-0.2, 0) is 6.54 Å². The summed E-state index contributed by atoms with van der Waals surface area (Å²) >= 11 is 3.44. The molecule has 0 amide bonds. The Bertz CT molecular complexity index is 661. The van der Waals surface area contributed by atoms with Gasteiger partial charge in [-0.15, -0.1) is 0 Å². The third kappa shape index (κ3) is 2.71. The maximum Gasteiger partial charge on any atom is 0.136 e. The van der Waals surface area contributed by atoms with Crippen molar-refractivity contribution in [1.82, 2.24) is 9.78 Å². The first-order valence-electron chi connectivity index (χ1n) is 5.89. The number of benzene rings is 1. The van der Waals surface area contributed by atoms with Crippen LogP contribution < -0.4 is 5.32 Å². The number of hydrogen-bond donors (Lipinski definition) is 1. The van der Waals surface area contributed by atoms with Gasteiger partial charge in [0.1, 0.15) is 5.76 Å². The second-order valence-corrected chi connectivity index (χ2v) is 4.90. The lowest BCUT2D eigenvalue weighted by atomic mass is 10.2. The van der Waals surface area contributed by atoms with Gasteiger partial charge in [0, 0.05) is 18.1 Å². The van der Waals surface area contributed by atoms with Crippen LogP contribution in [0, 0.1) is 0 Å². The Morgan fingerprint density at radius 1 is 1.26 bits per heavy atom. The smallest absolute Gasteiger partial charge is 0.136 e. The van der Waals surface area contributed by atoms with Gasteiger partial charge in [-0.3, -0.25) is 0 Å². The Hall–Kier alpha value is -2.01. The van der Waals surface area contributed by atoms with E-state index >= 15 is 0 Å². The van der Waals surface area contributed by atoms with Crippen molar-refractivity contribution in [2.75, 3.05) is 5.32 Å². The Kier molecular flexibility index (Phi) is 3.37. The summed E-state index contributed by atoms with van der Waals surface area (Å²) < 4.78 is 8.16. The Morgan fingerprint density at radius 2 is 2.21 bits per heavy atom. The summed E-state index contributed by atoms with van der Waals surface area (Å²) in [5.41, 5.74) is 2.05. The zero-order chi connectivity index (χ0) is 13.1. The highest BCUT2D eigenvalue weighted by atomic mass is 79.9. The first-order chi connectivity index (χ1) is 9.33. The van der Waals surface area contributed by atoms with Crippen molar-refractivity contribution in [3.63, 3.8) is 0 Å². The summed E-state index contributed by atoms with van der Waals surface area (Å²) in [4.78, 5) is 0. The minimum absolute atomic E-state index is 0.635. The third-order valence-corrected chi connectivity index (χ3v) is 3.47. The van der Waals surface area contributed by atoms with Gasteiger partial charge >= 0.3 is 0 Å². The fourth-order valence-corrected chi connectivity index (χ4v) is 2.16. The summed E-state index contributed by atoms with van der Waals surface area (Å²) in [6.07, 6.45) is 5.35. The molecule has 0 bridgehead atoms. The topological polar surface area (TPSA) is 43.0 Å². The molecule has 0 radical (unpaired) electrons. The predicted molar refractivity (Wildman–Crippen MR) is 77.3 cm³/mol. The molecule has 19 heavy (non-hydrogen) atoms. The number of rotatable bonds is 4. The molecule has 1 aromatic carbocycles. The molecule has 2 heterocycles. The van der Waals surface area contributed by atoms with Gasteiger partial charge in [-0.1, -0.05) is 6.07 Å². The van der Waals surface area contributed by atoms with Gasteiger partial charge in [-0.05, 0) is 46.3 Å². The molecule has 2 aromatic heterocycles. The summed E-state index contributed by atoms with van der Waals surface area (Å²) in [6.45, 7) is 0.635. The highest BCUT2D eigenvalue weighted by Gasteiger charge is 2.03. The monoisotopic (exact) mass is 317 g/mol. The van der Waals surface area contributed by atoms with E-state index in [2.05, 4.69) is 26.3 Å². The first kappa shape index (κ1) is 12.0. The molecule has 3 aromatic rings. The summed E-state index contributed by atoms with van der Waals surface area (Å²) in [5.74, 6) is 0.879. The molecule has 1 N–H and O–H groups in total. The van der Waals surface area contributed by atoms with Crippen LogP contribution in [0.15, 0.2) is 63.9 Å². The minimum Gasteiger partial charge on any atom is -0.466 e. The summed E-state index contributed by atoms with van der Waals surface area (Å²) in [5, 5.41) is 7.54. The maximum absolute atomic E-state index is 5.36. The van der Waals surface area contributed by atoms with Gasteiger partial charge in [0.25, 0.3) is 0 Å². The van der Waals surface area contributed by atoms with E-state index in [1.54, 1.807) is 12.5 Å². The van der Waals surface area contributed by atoms with Crippen LogP contribution >= 0.6 is 15.9 Å². The number of nitrogens with zero attached hydrogens (tertiary/aromatic N) is 2. The molecule has 0 aliphatic rings. The van der Waals surface area contributed by atoms with Gasteiger partial charge < -0.3 is 9.73 Å². The number of aromatic nitrogens is 2. The highest BCUT2D eigenvalue weighted by molar-refractivity contribution is 9.10. The minimum atomic E-state index is 0.635. The van der Waals surface area contributed by atoms with Crippen LogP contribution in [0.5, 0.6) is 0 Å². The molecule has 5 heteroatoms. The van der Waals surface area contributed by atoms with E-state index in [0.29, 0.717) is 6.54 Å². The predicted octanol–water partition coefficient (Wildman–Crippen LogP) is 3.84. The lowest BCUT2D eigenvalue weighted by molar-refractivity contribution is 0.516. The van der Waals surface area contributed by atoms with E-state index in [1.807, 2.05) is 47.3 Å². The van der Waals surface area contributed by atoms with Crippen LogP contribution in [0.3, 0.4) is 0 Å². The highest BCUT2D eigenvalue weighted by Crippen LogP contribution is 2.20. The first-order valence-corrected chi connectivity index (χ1v) is 6.68. The molecule has 0 aliphatic carbocycles. The second-order valence-electron chi connectivity index (χ2n) is 4.05. The van der Waals surface area contributed by atoms with E-state index < -0.39 is 0 Å². The van der Waals surface area contributed by atoms with Gasteiger partial charge in [0.05, 0.1) is 23.0 Å². The summed E-state index contributed by atoms with van der Waals surface area (Å²) in [7, 11) is 0. The average Bonchev–Trinajstić information content (AvgIpc) is 3.08. The van der Waals surface area contributed by atoms with Gasteiger partial charge in [-0.2, -0.15) is 5.10 Å². The SMILES string of the molecule is Brc1ccoc1CNc1cccc(-n2cccn2)c1. The average molecular weight is 318 g/mol. The largest absolute Gasteiger partial charge is 0.466 e. The normalized spacial score (nSPS) is 10.6. The molecule has 3 rings (SSSR count). The van der Waals surface area contributed by atoms with Crippen molar-refractivity contribution in [1.29, 1.82) is 0 Å². The molecular weight excluding hydrogens is 306 g/mol. The molecule has 4 nitrogen and oxygen atoms in total. The second kappa shape index (κ2) is 5.32. The van der Waals surface area contributed by atoms with E-state index in [9.17, 15) is 0 Å². The molecule has 0 saturated heterocycles. The molecule has 0 unspecified atom stereocenters. The van der Waals surface area contributed by atoms with Gasteiger partial charge in [-0.25, -0.2) is 4.68 Å². The van der Waals surface area contributed by atoms with Crippen LogP contribution in [0.2, 0.25) is 0 Å². The van der Waals surface area contributed by atoms with Crippen LogP contribution in [-0.4, -0.2) is 9.78 Å². The maximum atomic E-state index is 5.36. The number of halogens is 1. The quantitative estimate of drug-likeness (QED) is 0.795. The van der Waals surface area contributed by atoms with E-state index in [-0.39, 0.29) is 0 Å². The fourth-order valence-electron chi connectivity index (χ4n) is 1.81. The van der Waals surface area contributed by atoms with Crippen molar-refractivity contribution in [2.45, 2.75) is 6.54 Å². The summed E-state index contributed by atoms with van der Waals surface area (Å²) in [6, 6.07) is 11.9. The molecule has 0 spiro atoms. The zero-order valence-electron chi connectivity index (χ0n) is 10.1. The lowest BCUT2D eigenvalue weighted by Gasteiger charge is -2.07. The molecule has 96 valence electrons. The molecule has 0 atom stereocenters. The van der Waals surface area contributed by atoms with E-state index in [0.717, 1.165) is 21.6 Å². The van der Waals surface area contributed by atoms with Gasteiger partial charge in [0.2, 0.25) is 0 Å². The molecule has 0 fully saturated rings. The molecule has 0 aliphatic heterocycles. The van der Waals surface area contributed by atoms with Crippen molar-refractivity contribution >= 4 is 21.6 Å². The number of hydrogen-bond acceptors (Lipinski definition) is 3. The van der Waals surface area contributed by atoms with Crippen LogP contribution in [0.25, 0.3) is 5.69 Å². The Labute approximate surface area is 119 Å². The Balaban J connectivity index is 1.75. The third-order valence-electron chi connectivity index (χ3n) is 2.76. The van der Waals surface area contributed by atoms with E-state index in [4.69, 9.17) is 4.42 Å². The molecule has 0 saturated carbocycles. The molecular formula is C14H12BrN3O. The van der Waals surface area contributed by atoms with Gasteiger partial charge in [0.15, 0.2) is 0 Å². The Morgan fingerprint density at radius 3 is 2.95 bits per heavy atom. The van der Waals surface area contributed by atoms with Crippen molar-refractivity contribution in [3.8, 4) is 5.69 Å². The van der Waals surface area contributed by atoms with E-state index in [1.165, 1.54) is 0 Å². The zero-order valence-corrected chi connectivity index (χ0v) is 11.7. The van der Waals surface area contributed by atoms with Crippen molar-refractivity contribution < 1.29 is 4.42 Å². The van der Waals surface area contributed by atoms with Crippen LogP contribution in [0.1, 0.15) is 5.76 Å². The number of anilines is 1. The number of nitrogens with one attached hydrogen (secondary N) is 1. The van der Waals surface area contributed by atoms with Crippen LogP contribution in [0.4, 0.5) is 5.69 Å². The lowest BCUT2D eigenvalue weighted by Crippen LogP contribution is -2.00. The van der Waals surface area contributed by atoms with Crippen molar-refractivity contribution in [2.24, 2.45) is 0 Å².